The van der Waals surface area contributed by atoms with Gasteiger partial charge < -0.3 is 5.73 Å². The Balaban J connectivity index is 2.14. The van der Waals surface area contributed by atoms with Crippen LogP contribution in [0.15, 0.2) is 59.5 Å². The van der Waals surface area contributed by atoms with Gasteiger partial charge in [-0.05, 0) is 42.2 Å². The van der Waals surface area contributed by atoms with E-state index < -0.39 is 0 Å². The van der Waals surface area contributed by atoms with E-state index in [9.17, 15) is 5.26 Å². The Morgan fingerprint density at radius 3 is 2.12 bits per heavy atom. The minimum atomic E-state index is 0.202. The van der Waals surface area contributed by atoms with Crippen molar-refractivity contribution in [3.05, 3.63) is 65.7 Å². The van der Waals surface area contributed by atoms with E-state index in [1.807, 2.05) is 48.7 Å². The quantitative estimate of drug-likeness (QED) is 0.710. The number of aromatic nitrogens is 1. The molecule has 25 heavy (non-hydrogen) atoms. The molecule has 0 saturated heterocycles. The molecule has 0 amide bonds. The van der Waals surface area contributed by atoms with Gasteiger partial charge in [-0.25, -0.2) is 4.98 Å². The average Bonchev–Trinajstić information content (AvgIpc) is 2.67. The van der Waals surface area contributed by atoms with Crippen molar-refractivity contribution in [1.82, 2.24) is 4.98 Å². The molecule has 0 aliphatic carbocycles. The Bertz CT molecular complexity index is 994. The first-order valence-electron chi connectivity index (χ1n) is 7.52. The van der Waals surface area contributed by atoms with Gasteiger partial charge in [0.15, 0.2) is 0 Å². The third-order valence-electron chi connectivity index (χ3n) is 3.87. The van der Waals surface area contributed by atoms with Crippen LogP contribution in [-0.4, -0.2) is 11.2 Å². The number of pyridine rings is 1. The molecule has 0 aliphatic heterocycles. The molecule has 1 aromatic heterocycles. The highest BCUT2D eigenvalue weighted by Crippen LogP contribution is 2.31. The monoisotopic (exact) mass is 342 g/mol. The number of hydrogen-bond acceptors (Lipinski definition) is 5. The fourth-order valence-electron chi connectivity index (χ4n) is 2.54. The van der Waals surface area contributed by atoms with Gasteiger partial charge >= 0.3 is 0 Å². The highest BCUT2D eigenvalue weighted by atomic mass is 32.2. The average molecular weight is 342 g/mol. The van der Waals surface area contributed by atoms with Crippen LogP contribution in [0.4, 0.5) is 5.82 Å². The van der Waals surface area contributed by atoms with E-state index in [-0.39, 0.29) is 5.82 Å². The van der Waals surface area contributed by atoms with Crippen molar-refractivity contribution in [3.63, 3.8) is 0 Å². The van der Waals surface area contributed by atoms with Gasteiger partial charge in [0.25, 0.3) is 0 Å². The van der Waals surface area contributed by atoms with Gasteiger partial charge in [-0.2, -0.15) is 10.5 Å². The van der Waals surface area contributed by atoms with Crippen LogP contribution in [0.3, 0.4) is 0 Å². The third-order valence-corrected chi connectivity index (χ3v) is 4.61. The number of anilines is 1. The van der Waals surface area contributed by atoms with Crippen LogP contribution in [0.5, 0.6) is 0 Å². The van der Waals surface area contributed by atoms with E-state index in [1.165, 1.54) is 0 Å². The summed E-state index contributed by atoms with van der Waals surface area (Å²) < 4.78 is 0. The van der Waals surface area contributed by atoms with Crippen LogP contribution in [0, 0.1) is 22.7 Å². The number of nitrogens with zero attached hydrogens (tertiary/aromatic N) is 3. The molecule has 2 N–H and O–H groups in total. The van der Waals surface area contributed by atoms with E-state index in [0.717, 1.165) is 16.0 Å². The van der Waals surface area contributed by atoms with E-state index in [2.05, 4.69) is 17.1 Å². The van der Waals surface area contributed by atoms with Crippen LogP contribution in [-0.2, 0) is 0 Å². The molecule has 0 radical (unpaired) electrons. The first-order valence-corrected chi connectivity index (χ1v) is 8.74. The molecule has 1 heterocycles. The summed E-state index contributed by atoms with van der Waals surface area (Å²) in [5, 5.41) is 18.4. The molecule has 0 spiro atoms. The second-order valence-electron chi connectivity index (χ2n) is 5.34. The Morgan fingerprint density at radius 1 is 0.920 bits per heavy atom. The van der Waals surface area contributed by atoms with Gasteiger partial charge in [0, 0.05) is 16.0 Å². The number of rotatable bonds is 3. The van der Waals surface area contributed by atoms with Gasteiger partial charge in [-0.15, -0.1) is 11.8 Å². The Morgan fingerprint density at radius 2 is 1.56 bits per heavy atom. The summed E-state index contributed by atoms with van der Waals surface area (Å²) in [6.45, 7) is 0. The molecule has 4 nitrogen and oxygen atoms in total. The lowest BCUT2D eigenvalue weighted by Crippen LogP contribution is -1.99. The summed E-state index contributed by atoms with van der Waals surface area (Å²) >= 11 is 1.67. The van der Waals surface area contributed by atoms with Crippen molar-refractivity contribution >= 4 is 17.6 Å². The summed E-state index contributed by atoms with van der Waals surface area (Å²) in [6, 6.07) is 21.2. The summed E-state index contributed by atoms with van der Waals surface area (Å²) in [5.74, 6) is 0.202. The smallest absolute Gasteiger partial charge is 0.142 e. The van der Waals surface area contributed by atoms with Gasteiger partial charge in [0.2, 0.25) is 0 Å². The lowest BCUT2D eigenvalue weighted by molar-refractivity contribution is 1.30. The summed E-state index contributed by atoms with van der Waals surface area (Å²) in [6.07, 6.45) is 2.02. The number of benzene rings is 2. The van der Waals surface area contributed by atoms with E-state index in [4.69, 9.17) is 11.0 Å². The molecule has 5 heteroatoms. The molecule has 0 aliphatic rings. The van der Waals surface area contributed by atoms with Crippen LogP contribution >= 0.6 is 11.8 Å². The number of nitrogens with two attached hydrogens (primary N) is 1. The van der Waals surface area contributed by atoms with Crippen molar-refractivity contribution < 1.29 is 0 Å². The second kappa shape index (κ2) is 7.09. The first kappa shape index (κ1) is 16.6. The predicted octanol–water partition coefficient (Wildman–Crippen LogP) is 4.46. The summed E-state index contributed by atoms with van der Waals surface area (Å²) in [5.41, 5.74) is 10.1. The Kier molecular flexibility index (Phi) is 4.70. The fourth-order valence-corrected chi connectivity index (χ4v) is 2.95. The molecule has 0 bridgehead atoms. The lowest BCUT2D eigenvalue weighted by Gasteiger charge is -2.10. The maximum absolute atomic E-state index is 9.47. The molecule has 2 aromatic carbocycles. The minimum absolute atomic E-state index is 0.202. The lowest BCUT2D eigenvalue weighted by atomic mass is 9.98. The van der Waals surface area contributed by atoms with E-state index >= 15 is 0 Å². The number of hydrogen-bond donors (Lipinski definition) is 1. The van der Waals surface area contributed by atoms with Gasteiger partial charge in [0.05, 0.1) is 17.3 Å². The van der Waals surface area contributed by atoms with Gasteiger partial charge in [0.1, 0.15) is 17.5 Å². The molecule has 0 atom stereocenters. The molecule has 0 saturated carbocycles. The fraction of sp³-hybridized carbons (Fsp3) is 0.0500. The van der Waals surface area contributed by atoms with E-state index in [0.29, 0.717) is 22.4 Å². The van der Waals surface area contributed by atoms with Crippen LogP contribution < -0.4 is 5.73 Å². The highest BCUT2D eigenvalue weighted by molar-refractivity contribution is 7.98. The summed E-state index contributed by atoms with van der Waals surface area (Å²) in [7, 11) is 0. The van der Waals surface area contributed by atoms with E-state index in [1.54, 1.807) is 23.9 Å². The van der Waals surface area contributed by atoms with Crippen molar-refractivity contribution in [2.24, 2.45) is 0 Å². The third kappa shape index (κ3) is 3.33. The maximum Gasteiger partial charge on any atom is 0.142 e. The number of nitrogen functional groups attached to an aromatic ring is 1. The van der Waals surface area contributed by atoms with Gasteiger partial charge in [-0.1, -0.05) is 24.3 Å². The van der Waals surface area contributed by atoms with Gasteiger partial charge in [-0.3, -0.25) is 0 Å². The number of nitriles is 2. The van der Waals surface area contributed by atoms with Crippen molar-refractivity contribution in [2.45, 2.75) is 4.90 Å². The minimum Gasteiger partial charge on any atom is -0.383 e. The highest BCUT2D eigenvalue weighted by Gasteiger charge is 2.13. The zero-order chi connectivity index (χ0) is 17.8. The molecule has 120 valence electrons. The zero-order valence-corrected chi connectivity index (χ0v) is 14.3. The van der Waals surface area contributed by atoms with Crippen LogP contribution in [0.2, 0.25) is 0 Å². The van der Waals surface area contributed by atoms with Crippen LogP contribution in [0.25, 0.3) is 22.4 Å². The predicted molar refractivity (Wildman–Crippen MR) is 101 cm³/mol. The molecular weight excluding hydrogens is 328 g/mol. The number of thioether (sulfide) groups is 1. The molecule has 3 rings (SSSR count). The van der Waals surface area contributed by atoms with Crippen molar-refractivity contribution in [1.29, 1.82) is 10.5 Å². The second-order valence-corrected chi connectivity index (χ2v) is 6.22. The largest absolute Gasteiger partial charge is 0.383 e. The molecule has 0 unspecified atom stereocenters. The van der Waals surface area contributed by atoms with Crippen LogP contribution in [0.1, 0.15) is 11.1 Å². The first-order chi connectivity index (χ1) is 12.2. The topological polar surface area (TPSA) is 86.5 Å². The zero-order valence-electron chi connectivity index (χ0n) is 13.5. The molecule has 0 fully saturated rings. The van der Waals surface area contributed by atoms with Crippen molar-refractivity contribution in [3.8, 4) is 34.5 Å². The van der Waals surface area contributed by atoms with Crippen molar-refractivity contribution in [2.75, 3.05) is 12.0 Å². The Hall–Kier alpha value is -3.28. The normalized spacial score (nSPS) is 10.0. The molecule has 3 aromatic rings. The summed E-state index contributed by atoms with van der Waals surface area (Å²) in [4.78, 5) is 5.55. The standard InChI is InChI=1S/C20H14N4S/c1-25-16-8-6-15(7-9-16)19-10-17(18(12-22)20(23)24-19)14-4-2-13(11-21)3-5-14/h2-10H,1H3,(H2,23,24). The molecular formula is C20H14N4S. The SMILES string of the molecule is CSc1ccc(-c2cc(-c3ccc(C#N)cc3)c(C#N)c(N)n2)cc1. The maximum atomic E-state index is 9.47. The Labute approximate surface area is 150 Å².